The van der Waals surface area contributed by atoms with Gasteiger partial charge in [0, 0.05) is 46.7 Å². The number of nitrogens with zero attached hydrogens (tertiary/aromatic N) is 3. The molecule has 5 heterocycles. The number of carbonyl (C=O) groups is 1. The minimum absolute atomic E-state index is 0.0272. The minimum Gasteiger partial charge on any atom is -0.381 e. The Morgan fingerprint density at radius 1 is 1.18 bits per heavy atom. The highest BCUT2D eigenvalue weighted by Gasteiger charge is 2.25. The Bertz CT molecular complexity index is 1480. The summed E-state index contributed by atoms with van der Waals surface area (Å²) in [4.78, 5) is 25.2. The maximum atomic E-state index is 12.7. The third kappa shape index (κ3) is 3.54. The molecule has 7 nitrogen and oxygen atoms in total. The van der Waals surface area contributed by atoms with Gasteiger partial charge in [0.15, 0.2) is 0 Å². The molecule has 2 N–H and O–H groups in total. The number of pyridine rings is 2. The van der Waals surface area contributed by atoms with Crippen molar-refractivity contribution in [2.45, 2.75) is 13.0 Å². The largest absolute Gasteiger partial charge is 0.381 e. The van der Waals surface area contributed by atoms with Crippen LogP contribution in [0.4, 0.5) is 11.5 Å². The fourth-order valence-corrected chi connectivity index (χ4v) is 5.68. The van der Waals surface area contributed by atoms with E-state index in [2.05, 4.69) is 32.5 Å². The van der Waals surface area contributed by atoms with Gasteiger partial charge in [-0.15, -0.1) is 17.8 Å². The van der Waals surface area contributed by atoms with Crippen molar-refractivity contribution in [3.63, 3.8) is 0 Å². The number of aromatic nitrogens is 2. The number of rotatable bonds is 2. The van der Waals surface area contributed by atoms with Crippen LogP contribution >= 0.6 is 11.3 Å². The third-order valence-corrected chi connectivity index (χ3v) is 7.44. The van der Waals surface area contributed by atoms with Gasteiger partial charge in [-0.2, -0.15) is 0 Å². The molecule has 0 bridgehead atoms. The first-order valence-corrected chi connectivity index (χ1v) is 12.1. The summed E-state index contributed by atoms with van der Waals surface area (Å²) in [7, 11) is 0. The second-order valence-corrected chi connectivity index (χ2v) is 9.66. The molecule has 1 aromatic carbocycles. The molecular weight excluding hydrogens is 446 g/mol. The molecular formula is C26H23N5O2S. The third-order valence-electron chi connectivity index (χ3n) is 6.28. The second-order valence-electron chi connectivity index (χ2n) is 8.61. The molecule has 0 spiro atoms. The van der Waals surface area contributed by atoms with Crippen molar-refractivity contribution >= 4 is 49.7 Å². The van der Waals surface area contributed by atoms with Gasteiger partial charge in [-0.3, -0.25) is 4.79 Å². The van der Waals surface area contributed by atoms with Gasteiger partial charge in [0.05, 0.1) is 30.1 Å². The van der Waals surface area contributed by atoms with Crippen LogP contribution in [0, 0.1) is 12.3 Å². The van der Waals surface area contributed by atoms with Crippen molar-refractivity contribution in [2.24, 2.45) is 0 Å². The summed E-state index contributed by atoms with van der Waals surface area (Å²) in [6, 6.07) is 12.2. The second kappa shape index (κ2) is 8.28. The van der Waals surface area contributed by atoms with E-state index in [1.807, 2.05) is 37.3 Å². The lowest BCUT2D eigenvalue weighted by Gasteiger charge is -2.28. The van der Waals surface area contributed by atoms with Crippen molar-refractivity contribution in [3.8, 4) is 23.6 Å². The van der Waals surface area contributed by atoms with Crippen LogP contribution in [0.25, 0.3) is 32.2 Å². The number of morpholine rings is 1. The molecule has 34 heavy (non-hydrogen) atoms. The summed E-state index contributed by atoms with van der Waals surface area (Å²) in [5.41, 5.74) is 4.12. The summed E-state index contributed by atoms with van der Waals surface area (Å²) in [6.07, 6.45) is 5.72. The zero-order chi connectivity index (χ0) is 23.2. The molecule has 2 aliphatic heterocycles. The van der Waals surface area contributed by atoms with Gasteiger partial charge < -0.3 is 20.3 Å². The number of benzene rings is 1. The highest BCUT2D eigenvalue weighted by atomic mass is 32.1. The number of ether oxygens (including phenoxy) is 1. The number of hydrogen-bond acceptors (Lipinski definition) is 7. The molecule has 1 atom stereocenters. The predicted octanol–water partition coefficient (Wildman–Crippen LogP) is 3.87. The van der Waals surface area contributed by atoms with Crippen LogP contribution in [0.15, 0.2) is 36.4 Å². The summed E-state index contributed by atoms with van der Waals surface area (Å²) in [5, 5.41) is 8.59. The van der Waals surface area contributed by atoms with E-state index in [4.69, 9.17) is 16.1 Å². The smallest absolute Gasteiger partial charge is 0.263 e. The number of fused-ring (bicyclic) bond motifs is 5. The Hall–Kier alpha value is -3.67. The van der Waals surface area contributed by atoms with Crippen LogP contribution in [0.2, 0.25) is 0 Å². The molecule has 8 heteroatoms. The number of terminal acetylenes is 1. The first kappa shape index (κ1) is 20.9. The molecule has 1 fully saturated rings. The Balaban J connectivity index is 1.47. The lowest BCUT2D eigenvalue weighted by atomic mass is 10.1. The highest BCUT2D eigenvalue weighted by Crippen LogP contribution is 2.41. The van der Waals surface area contributed by atoms with Crippen molar-refractivity contribution < 1.29 is 9.53 Å². The van der Waals surface area contributed by atoms with Gasteiger partial charge in [-0.1, -0.05) is 5.92 Å². The van der Waals surface area contributed by atoms with E-state index in [1.54, 1.807) is 0 Å². The number of hydrogen-bond donors (Lipinski definition) is 2. The Kier molecular flexibility index (Phi) is 5.09. The van der Waals surface area contributed by atoms with Crippen LogP contribution in [0.3, 0.4) is 0 Å². The quantitative estimate of drug-likeness (QED) is 0.434. The Morgan fingerprint density at radius 3 is 2.85 bits per heavy atom. The fraction of sp³-hybridized carbons (Fsp3) is 0.269. The van der Waals surface area contributed by atoms with Crippen LogP contribution in [0.1, 0.15) is 22.3 Å². The fourth-order valence-electron chi connectivity index (χ4n) is 4.58. The average Bonchev–Trinajstić information content (AvgIpc) is 3.20. The number of carbonyl (C=O) groups excluding carboxylic acids is 1. The van der Waals surface area contributed by atoms with Crippen LogP contribution in [0.5, 0.6) is 0 Å². The van der Waals surface area contributed by atoms with Crippen molar-refractivity contribution in [1.29, 1.82) is 0 Å². The van der Waals surface area contributed by atoms with Gasteiger partial charge in [0.25, 0.3) is 5.91 Å². The van der Waals surface area contributed by atoms with Crippen LogP contribution < -0.4 is 15.5 Å². The van der Waals surface area contributed by atoms with E-state index in [9.17, 15) is 4.79 Å². The van der Waals surface area contributed by atoms with Crippen LogP contribution in [-0.2, 0) is 4.74 Å². The normalized spacial score (nSPS) is 18.2. The van der Waals surface area contributed by atoms with Crippen molar-refractivity contribution in [2.75, 3.05) is 43.1 Å². The lowest BCUT2D eigenvalue weighted by molar-refractivity contribution is 0.0949. The maximum absolute atomic E-state index is 12.7. The molecule has 0 radical (unpaired) electrons. The zero-order valence-electron chi connectivity index (χ0n) is 18.7. The van der Waals surface area contributed by atoms with Crippen molar-refractivity contribution in [3.05, 3.63) is 47.0 Å². The molecule has 2 aliphatic rings. The molecule has 1 saturated heterocycles. The molecule has 4 aromatic rings. The first-order chi connectivity index (χ1) is 16.6. The molecule has 0 unspecified atom stereocenters. The highest BCUT2D eigenvalue weighted by molar-refractivity contribution is 7.21. The molecule has 0 aliphatic carbocycles. The SMILES string of the molecule is C#Cc1cc(-c2ccc3c(ccc4sc5c(c43)NC[C@@H](C)NC5=O)n2)cc(N2CCOCC2)n1. The number of amides is 1. The molecule has 6 rings (SSSR count). The summed E-state index contributed by atoms with van der Waals surface area (Å²) < 4.78 is 6.54. The van der Waals surface area contributed by atoms with Gasteiger partial charge in [-0.25, -0.2) is 9.97 Å². The molecule has 0 saturated carbocycles. The summed E-state index contributed by atoms with van der Waals surface area (Å²) in [6.45, 7) is 5.61. The van der Waals surface area contributed by atoms with E-state index in [-0.39, 0.29) is 11.9 Å². The van der Waals surface area contributed by atoms with E-state index in [0.717, 1.165) is 61.7 Å². The molecule has 3 aromatic heterocycles. The maximum Gasteiger partial charge on any atom is 0.263 e. The topological polar surface area (TPSA) is 79.4 Å². The van der Waals surface area contributed by atoms with Crippen molar-refractivity contribution in [1.82, 2.24) is 15.3 Å². The Labute approximate surface area is 201 Å². The number of nitrogens with one attached hydrogen (secondary N) is 2. The monoisotopic (exact) mass is 469 g/mol. The summed E-state index contributed by atoms with van der Waals surface area (Å²) >= 11 is 1.51. The standard InChI is InChI=1S/C26H23N5O2S/c1-3-17-12-16(13-22(29-17)31-8-10-33-11-9-31)19-5-4-18-20(30-19)6-7-21-23(18)24-25(34-21)26(32)28-15(2)14-27-24/h1,4-7,12-13,15,27H,8-11,14H2,2H3,(H,28,32)/t15-/m1/s1. The van der Waals surface area contributed by atoms with Gasteiger partial charge in [0.2, 0.25) is 0 Å². The minimum atomic E-state index is -0.0272. The number of thiophene rings is 1. The van der Waals surface area contributed by atoms with E-state index < -0.39 is 0 Å². The van der Waals surface area contributed by atoms with Gasteiger partial charge >= 0.3 is 0 Å². The molecule has 170 valence electrons. The zero-order valence-corrected chi connectivity index (χ0v) is 19.5. The number of anilines is 2. The van der Waals surface area contributed by atoms with Gasteiger partial charge in [0.1, 0.15) is 16.4 Å². The van der Waals surface area contributed by atoms with Crippen LogP contribution in [-0.4, -0.2) is 54.8 Å². The predicted molar refractivity (Wildman–Crippen MR) is 137 cm³/mol. The Morgan fingerprint density at radius 2 is 2.03 bits per heavy atom. The first-order valence-electron chi connectivity index (χ1n) is 11.3. The lowest BCUT2D eigenvalue weighted by Crippen LogP contribution is -2.36. The van der Waals surface area contributed by atoms with E-state index in [0.29, 0.717) is 25.5 Å². The summed E-state index contributed by atoms with van der Waals surface area (Å²) in [5.74, 6) is 3.50. The molecule has 1 amide bonds. The van der Waals surface area contributed by atoms with E-state index in [1.165, 1.54) is 11.3 Å². The average molecular weight is 470 g/mol. The van der Waals surface area contributed by atoms with E-state index >= 15 is 0 Å². The van der Waals surface area contributed by atoms with Gasteiger partial charge in [-0.05, 0) is 43.3 Å².